The largest absolute Gasteiger partial charge is 0.508 e. The molecule has 14 heteroatoms. The van der Waals surface area contributed by atoms with Gasteiger partial charge in [-0.15, -0.1) is 6.42 Å². The maximum absolute atomic E-state index is 17.4. The lowest BCUT2D eigenvalue weighted by Crippen LogP contribution is -2.60. The standard InChI is InChI=1S/C42H46F3N5O6/c1-4-29-31(44)10-7-23-14-26(51)17-30(33(23)29)36-35(45)37-34(39(46-36)53-3)38(49-12-13-54-21-41(2,52)20-49)48-40(47-37)55-22-42-11-5-6-32(42)50(19-24(43)18-42)25-15-27-8-9-28(16-25)56-27/h1,7,10,14,17,24-25,27-28,32,51-52H,5-6,8-9,11-13,15-16,18-22H2,2-3H3/t24-,25?,27?,28?,32+,41-,42+/m0/s1. The lowest BCUT2D eigenvalue weighted by Gasteiger charge is -2.51. The third-order valence-electron chi connectivity index (χ3n) is 12.6. The lowest BCUT2D eigenvalue weighted by molar-refractivity contribution is -0.0968. The molecule has 296 valence electrons. The molecule has 6 atom stereocenters. The number of aliphatic hydroxyl groups is 1. The Morgan fingerprint density at radius 2 is 1.89 bits per heavy atom. The number of hydrogen-bond donors (Lipinski definition) is 2. The molecule has 2 bridgehead atoms. The number of likely N-dealkylation sites (tertiary alicyclic amines) is 1. The first-order chi connectivity index (χ1) is 27.0. The first kappa shape index (κ1) is 37.2. The Kier molecular flexibility index (Phi) is 9.42. The van der Waals surface area contributed by atoms with E-state index >= 15 is 13.2 Å². The number of alkyl halides is 1. The number of hydrogen-bond acceptors (Lipinski definition) is 11. The molecule has 5 aliphatic rings. The summed E-state index contributed by atoms with van der Waals surface area (Å²) >= 11 is 0. The van der Waals surface area contributed by atoms with Crippen molar-refractivity contribution in [1.29, 1.82) is 0 Å². The third-order valence-corrected chi connectivity index (χ3v) is 12.6. The number of halogens is 3. The molecule has 9 rings (SSSR count). The Morgan fingerprint density at radius 1 is 1.09 bits per heavy atom. The van der Waals surface area contributed by atoms with Crippen molar-refractivity contribution in [2.75, 3.05) is 51.5 Å². The number of rotatable bonds is 7. The summed E-state index contributed by atoms with van der Waals surface area (Å²) in [4.78, 5) is 18.2. The van der Waals surface area contributed by atoms with Crippen LogP contribution >= 0.6 is 0 Å². The summed E-state index contributed by atoms with van der Waals surface area (Å²) in [7, 11) is 1.37. The molecule has 0 spiro atoms. The van der Waals surface area contributed by atoms with E-state index in [1.807, 2.05) is 0 Å². The van der Waals surface area contributed by atoms with Gasteiger partial charge in [0.15, 0.2) is 5.82 Å². The first-order valence-corrected chi connectivity index (χ1v) is 19.6. The number of phenolic OH excluding ortho intramolecular Hbond substituents is 1. The van der Waals surface area contributed by atoms with Gasteiger partial charge < -0.3 is 34.1 Å². The van der Waals surface area contributed by atoms with E-state index in [0.29, 0.717) is 18.4 Å². The molecule has 4 aromatic rings. The summed E-state index contributed by atoms with van der Waals surface area (Å²) in [6, 6.07) is 5.52. The van der Waals surface area contributed by atoms with Gasteiger partial charge in [0.05, 0.1) is 51.2 Å². The third kappa shape index (κ3) is 6.46. The molecule has 4 aliphatic heterocycles. The highest BCUT2D eigenvalue weighted by molar-refractivity contribution is 6.04. The molecule has 0 amide bonds. The van der Waals surface area contributed by atoms with Gasteiger partial charge in [-0.2, -0.15) is 9.97 Å². The number of benzene rings is 2. The molecule has 4 saturated heterocycles. The lowest BCUT2D eigenvalue weighted by atomic mass is 9.74. The fraction of sp³-hybridized carbons (Fsp3) is 0.548. The normalized spacial score (nSPS) is 30.7. The minimum Gasteiger partial charge on any atom is -0.508 e. The Labute approximate surface area is 323 Å². The second-order valence-electron chi connectivity index (χ2n) is 16.6. The summed E-state index contributed by atoms with van der Waals surface area (Å²) in [6.45, 7) is 2.83. The summed E-state index contributed by atoms with van der Waals surface area (Å²) < 4.78 is 72.5. The van der Waals surface area contributed by atoms with E-state index in [9.17, 15) is 10.2 Å². The van der Waals surface area contributed by atoms with Gasteiger partial charge in [0.25, 0.3) is 0 Å². The molecule has 2 aromatic heterocycles. The topological polar surface area (TPSA) is 123 Å². The number of fused-ring (bicyclic) bond motifs is 5. The van der Waals surface area contributed by atoms with Crippen molar-refractivity contribution in [3.8, 4) is 41.2 Å². The monoisotopic (exact) mass is 773 g/mol. The van der Waals surface area contributed by atoms with Gasteiger partial charge in [0, 0.05) is 41.5 Å². The molecule has 2 N–H and O–H groups in total. The van der Waals surface area contributed by atoms with E-state index in [1.54, 1.807) is 11.8 Å². The van der Waals surface area contributed by atoms with Crippen LogP contribution in [0.2, 0.25) is 0 Å². The fourth-order valence-corrected chi connectivity index (χ4v) is 10.3. The van der Waals surface area contributed by atoms with Crippen LogP contribution in [-0.2, 0) is 9.47 Å². The van der Waals surface area contributed by atoms with Crippen LogP contribution in [0.25, 0.3) is 32.9 Å². The second kappa shape index (κ2) is 14.2. The number of nitrogens with zero attached hydrogens (tertiary/aromatic N) is 5. The van der Waals surface area contributed by atoms with Crippen LogP contribution in [0.1, 0.15) is 63.9 Å². The number of ether oxygens (including phenoxy) is 4. The molecule has 2 aromatic carbocycles. The van der Waals surface area contributed by atoms with E-state index in [2.05, 4.69) is 20.8 Å². The number of anilines is 1. The van der Waals surface area contributed by atoms with Gasteiger partial charge in [0.2, 0.25) is 5.88 Å². The molecule has 1 saturated carbocycles. The highest BCUT2D eigenvalue weighted by Gasteiger charge is 2.54. The van der Waals surface area contributed by atoms with Crippen molar-refractivity contribution in [3.63, 3.8) is 0 Å². The minimum absolute atomic E-state index is 0.0319. The molecule has 0 radical (unpaired) electrons. The van der Waals surface area contributed by atoms with E-state index in [4.69, 9.17) is 30.4 Å². The number of methoxy groups -OCH3 is 1. The van der Waals surface area contributed by atoms with Gasteiger partial charge in [0.1, 0.15) is 45.8 Å². The number of pyridine rings is 1. The quantitative estimate of drug-likeness (QED) is 0.213. The predicted octanol–water partition coefficient (Wildman–Crippen LogP) is 6.08. The van der Waals surface area contributed by atoms with Crippen LogP contribution in [0.5, 0.6) is 17.6 Å². The maximum atomic E-state index is 17.4. The highest BCUT2D eigenvalue weighted by Crippen LogP contribution is 2.51. The second-order valence-corrected chi connectivity index (χ2v) is 16.6. The summed E-state index contributed by atoms with van der Waals surface area (Å²) in [5.74, 6) is 0.693. The van der Waals surface area contributed by atoms with Crippen molar-refractivity contribution in [3.05, 3.63) is 41.5 Å². The average molecular weight is 774 g/mol. The van der Waals surface area contributed by atoms with Crippen molar-refractivity contribution in [1.82, 2.24) is 19.9 Å². The predicted molar refractivity (Wildman–Crippen MR) is 203 cm³/mol. The Bertz CT molecular complexity index is 2220. The summed E-state index contributed by atoms with van der Waals surface area (Å²) in [5, 5.41) is 22.6. The van der Waals surface area contributed by atoms with Crippen LogP contribution in [0.4, 0.5) is 19.0 Å². The molecule has 56 heavy (non-hydrogen) atoms. The molecule has 2 unspecified atom stereocenters. The number of phenols is 1. The van der Waals surface area contributed by atoms with Gasteiger partial charge in [-0.25, -0.2) is 18.2 Å². The minimum atomic E-state index is -1.29. The van der Waals surface area contributed by atoms with E-state index in [1.165, 1.54) is 31.4 Å². The van der Waals surface area contributed by atoms with Crippen LogP contribution in [0, 0.1) is 29.4 Å². The van der Waals surface area contributed by atoms with Crippen molar-refractivity contribution < 1.29 is 42.3 Å². The number of aromatic hydroxyl groups is 1. The highest BCUT2D eigenvalue weighted by atomic mass is 19.1. The average Bonchev–Trinajstić information content (AvgIpc) is 3.69. The van der Waals surface area contributed by atoms with Crippen LogP contribution in [0.3, 0.4) is 0 Å². The molecule has 11 nitrogen and oxygen atoms in total. The molecular formula is C42H46F3N5O6. The fourth-order valence-electron chi connectivity index (χ4n) is 10.3. The number of terminal acetylenes is 1. The van der Waals surface area contributed by atoms with Crippen molar-refractivity contribution >= 4 is 27.5 Å². The molecule has 6 heterocycles. The van der Waals surface area contributed by atoms with Gasteiger partial charge >= 0.3 is 6.01 Å². The Balaban J connectivity index is 1.16. The van der Waals surface area contributed by atoms with Crippen molar-refractivity contribution in [2.24, 2.45) is 5.41 Å². The maximum Gasteiger partial charge on any atom is 0.319 e. The first-order valence-electron chi connectivity index (χ1n) is 19.6. The molecule has 1 aliphatic carbocycles. The number of piperidine rings is 1. The van der Waals surface area contributed by atoms with E-state index in [0.717, 1.165) is 44.9 Å². The van der Waals surface area contributed by atoms with Gasteiger partial charge in [-0.1, -0.05) is 18.4 Å². The van der Waals surface area contributed by atoms with Gasteiger partial charge in [-0.05, 0) is 75.5 Å². The zero-order valence-corrected chi connectivity index (χ0v) is 31.6. The SMILES string of the molecule is C#Cc1c(F)ccc2cc(O)cc(-c3nc(OC)c4c(N5CCOC[C@@](C)(O)C5)nc(OC[C@]56CCC[C@H]5N(C5CC7CCC(C5)O7)C[C@@H](F)C6)nc4c3F)c12. The van der Waals surface area contributed by atoms with Crippen LogP contribution < -0.4 is 14.4 Å². The number of β-amino-alcohol motifs (C(OH)–C–C–N with tert-alkyl or cyclic N) is 1. The van der Waals surface area contributed by atoms with Crippen molar-refractivity contribution in [2.45, 2.75) is 94.4 Å². The Hall–Kier alpha value is -4.42. The van der Waals surface area contributed by atoms with E-state index in [-0.39, 0.29) is 114 Å². The van der Waals surface area contributed by atoms with Gasteiger partial charge in [-0.3, -0.25) is 4.90 Å². The summed E-state index contributed by atoms with van der Waals surface area (Å²) in [5.41, 5.74) is -2.39. The van der Waals surface area contributed by atoms with E-state index < -0.39 is 28.8 Å². The smallest absolute Gasteiger partial charge is 0.319 e. The van der Waals surface area contributed by atoms with Crippen LogP contribution in [0.15, 0.2) is 24.3 Å². The summed E-state index contributed by atoms with van der Waals surface area (Å²) in [6.07, 6.45) is 12.0. The molecule has 5 fully saturated rings. The zero-order chi connectivity index (χ0) is 38.9. The number of aromatic nitrogens is 3. The van der Waals surface area contributed by atoms with Crippen LogP contribution in [-0.4, -0.2) is 113 Å². The Morgan fingerprint density at radius 3 is 2.66 bits per heavy atom. The zero-order valence-electron chi connectivity index (χ0n) is 31.6. The molecular weight excluding hydrogens is 727 g/mol.